The molecule has 1 amide bonds. The summed E-state index contributed by atoms with van der Waals surface area (Å²) in [5, 5.41) is 10.9. The number of benzene rings is 3. The van der Waals surface area contributed by atoms with Crippen molar-refractivity contribution in [3.63, 3.8) is 0 Å². The minimum absolute atomic E-state index is 0.111. The second kappa shape index (κ2) is 10.1. The lowest BCUT2D eigenvalue weighted by Crippen LogP contribution is -2.49. The molecule has 0 saturated carbocycles. The summed E-state index contributed by atoms with van der Waals surface area (Å²) in [6, 6.07) is 26.8. The van der Waals surface area contributed by atoms with Crippen molar-refractivity contribution >= 4 is 28.6 Å². The van der Waals surface area contributed by atoms with Gasteiger partial charge in [0.15, 0.2) is 0 Å². The molecule has 4 aromatic rings. The number of carbonyl (C=O) groups excluding carboxylic acids is 1. The summed E-state index contributed by atoms with van der Waals surface area (Å²) in [6.45, 7) is 4.86. The van der Waals surface area contributed by atoms with Crippen molar-refractivity contribution in [3.8, 4) is 6.07 Å². The van der Waals surface area contributed by atoms with E-state index in [1.54, 1.807) is 23.1 Å². The van der Waals surface area contributed by atoms with E-state index in [0.29, 0.717) is 25.2 Å². The zero-order chi connectivity index (χ0) is 25.1. The third-order valence-electron chi connectivity index (χ3n) is 6.89. The molecule has 0 unspecified atom stereocenters. The molecule has 0 spiro atoms. The number of halogens is 1. The van der Waals surface area contributed by atoms with Crippen molar-refractivity contribution < 1.29 is 9.18 Å². The lowest BCUT2D eigenvalue weighted by molar-refractivity contribution is -0.126. The second-order valence-electron chi connectivity index (χ2n) is 8.98. The van der Waals surface area contributed by atoms with E-state index in [4.69, 9.17) is 0 Å². The summed E-state index contributed by atoms with van der Waals surface area (Å²) in [7, 11) is 0. The summed E-state index contributed by atoms with van der Waals surface area (Å²) >= 11 is 0. The molecule has 36 heavy (non-hydrogen) atoms. The van der Waals surface area contributed by atoms with Gasteiger partial charge in [0.25, 0.3) is 5.91 Å². The Labute approximate surface area is 210 Å². The first-order chi connectivity index (χ1) is 17.6. The number of nitrogens with zero attached hydrogens (tertiary/aromatic N) is 4. The van der Waals surface area contributed by atoms with Crippen molar-refractivity contribution in [3.05, 3.63) is 107 Å². The highest BCUT2D eigenvalue weighted by atomic mass is 19.1. The van der Waals surface area contributed by atoms with E-state index in [0.717, 1.165) is 40.9 Å². The van der Waals surface area contributed by atoms with Gasteiger partial charge in [0.2, 0.25) is 0 Å². The molecule has 2 heterocycles. The standard InChI is InChI=1S/C30H27FN4O/c1-22-27(26-12-6-8-14-29(26)35(22)21-23-9-5-7-13-28(23)31)19-24(20-32)30(36)34-17-15-33(16-18-34)25-10-3-2-4-11-25/h2-14,19H,15-18,21H2,1H3/b24-19-. The maximum absolute atomic E-state index is 14.4. The molecule has 0 N–H and O–H groups in total. The molecule has 1 fully saturated rings. The molecule has 1 aliphatic heterocycles. The van der Waals surface area contributed by atoms with Crippen LogP contribution in [0.4, 0.5) is 10.1 Å². The van der Waals surface area contributed by atoms with E-state index < -0.39 is 0 Å². The fraction of sp³-hybridized carbons (Fsp3) is 0.200. The van der Waals surface area contributed by atoms with Gasteiger partial charge >= 0.3 is 0 Å². The Hall–Kier alpha value is -4.37. The third kappa shape index (κ3) is 4.48. The summed E-state index contributed by atoms with van der Waals surface area (Å²) in [4.78, 5) is 17.3. The van der Waals surface area contributed by atoms with Crippen LogP contribution in [0, 0.1) is 24.1 Å². The van der Waals surface area contributed by atoms with Crippen LogP contribution in [-0.2, 0) is 11.3 Å². The molecule has 0 bridgehead atoms. The summed E-state index contributed by atoms with van der Waals surface area (Å²) < 4.78 is 16.4. The zero-order valence-corrected chi connectivity index (χ0v) is 20.2. The zero-order valence-electron chi connectivity index (χ0n) is 20.2. The Bertz CT molecular complexity index is 1470. The molecule has 1 saturated heterocycles. The van der Waals surface area contributed by atoms with Gasteiger partial charge in [-0.15, -0.1) is 0 Å². The lowest BCUT2D eigenvalue weighted by Gasteiger charge is -2.36. The number of hydrogen-bond donors (Lipinski definition) is 0. The number of hydrogen-bond acceptors (Lipinski definition) is 3. The number of anilines is 1. The van der Waals surface area contributed by atoms with Gasteiger partial charge in [-0.2, -0.15) is 5.26 Å². The molecule has 3 aromatic carbocycles. The van der Waals surface area contributed by atoms with Gasteiger partial charge in [-0.1, -0.05) is 54.6 Å². The molecule has 5 nitrogen and oxygen atoms in total. The molecule has 0 aliphatic carbocycles. The average molecular weight is 479 g/mol. The number of carbonyl (C=O) groups is 1. The first-order valence-electron chi connectivity index (χ1n) is 12.1. The van der Waals surface area contributed by atoms with Crippen LogP contribution < -0.4 is 4.90 Å². The van der Waals surface area contributed by atoms with Gasteiger partial charge in [-0.05, 0) is 37.3 Å². The molecule has 1 aromatic heterocycles. The molecular formula is C30H27FN4O. The van der Waals surface area contributed by atoms with Gasteiger partial charge < -0.3 is 14.4 Å². The quantitative estimate of drug-likeness (QED) is 0.285. The number of aromatic nitrogens is 1. The minimum atomic E-state index is -0.255. The van der Waals surface area contributed by atoms with Crippen LogP contribution in [0.1, 0.15) is 16.8 Å². The number of nitriles is 1. The maximum atomic E-state index is 14.4. The number of piperazine rings is 1. The average Bonchev–Trinajstić information content (AvgIpc) is 3.19. The largest absolute Gasteiger partial charge is 0.368 e. The monoisotopic (exact) mass is 478 g/mol. The SMILES string of the molecule is Cc1c(/C=C(/C#N)C(=O)N2CCN(c3ccccc3)CC2)c2ccccc2n1Cc1ccccc1F. The van der Waals surface area contributed by atoms with Crippen molar-refractivity contribution in [2.75, 3.05) is 31.1 Å². The van der Waals surface area contributed by atoms with E-state index in [9.17, 15) is 14.4 Å². The van der Waals surface area contributed by atoms with Gasteiger partial charge in [0.05, 0.1) is 6.54 Å². The van der Waals surface area contributed by atoms with Gasteiger partial charge in [-0.3, -0.25) is 4.79 Å². The van der Waals surface area contributed by atoms with Crippen LogP contribution >= 0.6 is 0 Å². The Morgan fingerprint density at radius 3 is 2.33 bits per heavy atom. The molecule has 0 radical (unpaired) electrons. The predicted molar refractivity (Wildman–Crippen MR) is 141 cm³/mol. The lowest BCUT2D eigenvalue weighted by atomic mass is 10.1. The highest BCUT2D eigenvalue weighted by molar-refractivity contribution is 6.04. The van der Waals surface area contributed by atoms with Crippen molar-refractivity contribution in [2.24, 2.45) is 0 Å². The molecule has 1 aliphatic rings. The molecule has 5 rings (SSSR count). The van der Waals surface area contributed by atoms with Crippen LogP contribution in [0.3, 0.4) is 0 Å². The Balaban J connectivity index is 1.43. The summed E-state index contributed by atoms with van der Waals surface area (Å²) in [5.41, 5.74) is 4.47. The number of amides is 1. The Kier molecular flexibility index (Phi) is 6.55. The summed E-state index contributed by atoms with van der Waals surface area (Å²) in [5.74, 6) is -0.509. The Morgan fingerprint density at radius 2 is 1.61 bits per heavy atom. The fourth-order valence-corrected chi connectivity index (χ4v) is 4.90. The van der Waals surface area contributed by atoms with E-state index in [1.807, 2.05) is 60.0 Å². The second-order valence-corrected chi connectivity index (χ2v) is 8.98. The normalized spacial score (nSPS) is 14.2. The summed E-state index contributed by atoms with van der Waals surface area (Å²) in [6.07, 6.45) is 1.70. The maximum Gasteiger partial charge on any atom is 0.264 e. The molecule has 0 atom stereocenters. The highest BCUT2D eigenvalue weighted by Crippen LogP contribution is 2.29. The van der Waals surface area contributed by atoms with Gasteiger partial charge in [0.1, 0.15) is 17.5 Å². The molecule has 180 valence electrons. The van der Waals surface area contributed by atoms with Crippen LogP contribution in [-0.4, -0.2) is 41.6 Å². The highest BCUT2D eigenvalue weighted by Gasteiger charge is 2.25. The van der Waals surface area contributed by atoms with Crippen molar-refractivity contribution in [2.45, 2.75) is 13.5 Å². The fourth-order valence-electron chi connectivity index (χ4n) is 4.90. The number of fused-ring (bicyclic) bond motifs is 1. The number of para-hydroxylation sites is 2. The number of rotatable bonds is 5. The van der Waals surface area contributed by atoms with Gasteiger partial charge in [-0.25, -0.2) is 4.39 Å². The van der Waals surface area contributed by atoms with Crippen LogP contribution in [0.2, 0.25) is 0 Å². The third-order valence-corrected chi connectivity index (χ3v) is 6.89. The van der Waals surface area contributed by atoms with E-state index >= 15 is 0 Å². The van der Waals surface area contributed by atoms with Crippen LogP contribution in [0.25, 0.3) is 17.0 Å². The first-order valence-corrected chi connectivity index (χ1v) is 12.1. The van der Waals surface area contributed by atoms with Crippen LogP contribution in [0.5, 0.6) is 0 Å². The van der Waals surface area contributed by atoms with Crippen molar-refractivity contribution in [1.29, 1.82) is 5.26 Å². The molecular weight excluding hydrogens is 451 g/mol. The van der Waals surface area contributed by atoms with E-state index in [2.05, 4.69) is 23.1 Å². The van der Waals surface area contributed by atoms with E-state index in [-0.39, 0.29) is 17.3 Å². The molecule has 6 heteroatoms. The first kappa shape index (κ1) is 23.4. The van der Waals surface area contributed by atoms with Gasteiger partial charge in [0, 0.05) is 59.6 Å². The predicted octanol–water partition coefficient (Wildman–Crippen LogP) is 5.39. The van der Waals surface area contributed by atoms with Crippen LogP contribution in [0.15, 0.2) is 84.4 Å². The smallest absolute Gasteiger partial charge is 0.264 e. The van der Waals surface area contributed by atoms with E-state index in [1.165, 1.54) is 6.07 Å². The Morgan fingerprint density at radius 1 is 0.944 bits per heavy atom. The van der Waals surface area contributed by atoms with Crippen molar-refractivity contribution in [1.82, 2.24) is 9.47 Å². The topological polar surface area (TPSA) is 52.3 Å². The minimum Gasteiger partial charge on any atom is -0.368 e.